The third kappa shape index (κ3) is 6.22. The zero-order chi connectivity index (χ0) is 15.7. The van der Waals surface area contributed by atoms with Crippen molar-refractivity contribution in [2.75, 3.05) is 26.1 Å². The molecule has 0 saturated heterocycles. The molecule has 3 nitrogen and oxygen atoms in total. The summed E-state index contributed by atoms with van der Waals surface area (Å²) in [6.45, 7) is 10.6. The molecule has 1 aliphatic carbocycles. The summed E-state index contributed by atoms with van der Waals surface area (Å²) in [4.78, 5) is 0. The molecule has 0 N–H and O–H groups in total. The Bertz CT molecular complexity index is 261. The van der Waals surface area contributed by atoms with Crippen LogP contribution in [0.5, 0.6) is 0 Å². The topological polar surface area (TPSA) is 27.7 Å². The van der Waals surface area contributed by atoms with Gasteiger partial charge in [-0.3, -0.25) is 0 Å². The summed E-state index contributed by atoms with van der Waals surface area (Å²) in [6, 6.07) is 0.976. The SMILES string of the molecule is CCO[Si](CCC1CCC(SC)C(C)C1)(OCC)OCC. The third-order valence-corrected chi connectivity index (χ3v) is 8.85. The first-order valence-corrected chi connectivity index (χ1v) is 11.8. The van der Waals surface area contributed by atoms with Crippen molar-refractivity contribution >= 4 is 20.6 Å². The quantitative estimate of drug-likeness (QED) is 0.546. The van der Waals surface area contributed by atoms with Crippen molar-refractivity contribution in [2.24, 2.45) is 11.8 Å². The molecule has 3 unspecified atom stereocenters. The first-order valence-electron chi connectivity index (χ1n) is 8.55. The van der Waals surface area contributed by atoms with Crippen molar-refractivity contribution in [3.63, 3.8) is 0 Å². The van der Waals surface area contributed by atoms with Crippen LogP contribution in [0.3, 0.4) is 0 Å². The van der Waals surface area contributed by atoms with Gasteiger partial charge in [-0.25, -0.2) is 0 Å². The van der Waals surface area contributed by atoms with Crippen LogP contribution in [-0.4, -0.2) is 40.1 Å². The Morgan fingerprint density at radius 1 is 1.00 bits per heavy atom. The van der Waals surface area contributed by atoms with Gasteiger partial charge >= 0.3 is 8.80 Å². The molecular weight excluding hydrogens is 300 g/mol. The highest BCUT2D eigenvalue weighted by atomic mass is 32.2. The molecule has 0 aromatic rings. The maximum absolute atomic E-state index is 5.96. The van der Waals surface area contributed by atoms with E-state index in [4.69, 9.17) is 13.3 Å². The molecule has 0 spiro atoms. The molecule has 1 fully saturated rings. The smallest absolute Gasteiger partial charge is 0.374 e. The second kappa shape index (κ2) is 10.3. The molecule has 0 heterocycles. The predicted molar refractivity (Wildman–Crippen MR) is 93.9 cm³/mol. The Kier molecular flexibility index (Phi) is 9.53. The van der Waals surface area contributed by atoms with E-state index in [-0.39, 0.29) is 0 Å². The summed E-state index contributed by atoms with van der Waals surface area (Å²) in [7, 11) is -2.43. The van der Waals surface area contributed by atoms with Crippen LogP contribution < -0.4 is 0 Å². The van der Waals surface area contributed by atoms with Gasteiger partial charge in [0.05, 0.1) is 0 Å². The van der Waals surface area contributed by atoms with Crippen LogP contribution in [0, 0.1) is 11.8 Å². The van der Waals surface area contributed by atoms with Gasteiger partial charge in [-0.15, -0.1) is 0 Å². The van der Waals surface area contributed by atoms with Crippen LogP contribution >= 0.6 is 11.8 Å². The average molecular weight is 335 g/mol. The Hall–Kier alpha value is 0.447. The van der Waals surface area contributed by atoms with Crippen LogP contribution in [0.4, 0.5) is 0 Å². The summed E-state index contributed by atoms with van der Waals surface area (Å²) in [5, 5.41) is 0.855. The van der Waals surface area contributed by atoms with Gasteiger partial charge in [0.15, 0.2) is 0 Å². The molecule has 0 aromatic heterocycles. The van der Waals surface area contributed by atoms with Gasteiger partial charge < -0.3 is 13.3 Å². The minimum absolute atomic E-state index is 0.682. The van der Waals surface area contributed by atoms with Crippen LogP contribution in [0.25, 0.3) is 0 Å². The molecule has 3 atom stereocenters. The fourth-order valence-electron chi connectivity index (χ4n) is 3.47. The van der Waals surface area contributed by atoms with E-state index >= 15 is 0 Å². The van der Waals surface area contributed by atoms with Gasteiger partial charge in [0.2, 0.25) is 0 Å². The predicted octanol–water partition coefficient (Wildman–Crippen LogP) is 4.59. The van der Waals surface area contributed by atoms with E-state index in [0.29, 0.717) is 19.8 Å². The van der Waals surface area contributed by atoms with E-state index in [1.165, 1.54) is 25.7 Å². The van der Waals surface area contributed by atoms with E-state index in [0.717, 1.165) is 23.1 Å². The largest absolute Gasteiger partial charge is 0.500 e. The van der Waals surface area contributed by atoms with Gasteiger partial charge in [-0.1, -0.05) is 6.92 Å². The minimum Gasteiger partial charge on any atom is -0.374 e. The normalized spacial score (nSPS) is 27.0. The standard InChI is InChI=1S/C16H34O3SSi/c1-6-17-21(18-7-2,19-8-3)12-11-15-9-10-16(20-5)14(4)13-15/h14-16H,6-13H2,1-5H3. The zero-order valence-electron chi connectivity index (χ0n) is 14.5. The van der Waals surface area contributed by atoms with E-state index in [9.17, 15) is 0 Å². The monoisotopic (exact) mass is 334 g/mol. The molecule has 0 radical (unpaired) electrons. The Labute approximate surface area is 136 Å². The lowest BCUT2D eigenvalue weighted by Gasteiger charge is -2.35. The molecule has 1 aliphatic rings. The van der Waals surface area contributed by atoms with Gasteiger partial charge in [-0.05, 0) is 64.5 Å². The highest BCUT2D eigenvalue weighted by Gasteiger charge is 2.41. The van der Waals surface area contributed by atoms with Crippen LogP contribution in [0.1, 0.15) is 53.4 Å². The van der Waals surface area contributed by atoms with E-state index in [1.54, 1.807) is 0 Å². The average Bonchev–Trinajstić information content (AvgIpc) is 2.46. The van der Waals surface area contributed by atoms with Gasteiger partial charge in [0.1, 0.15) is 0 Å². The fraction of sp³-hybridized carbons (Fsp3) is 1.00. The molecule has 21 heavy (non-hydrogen) atoms. The van der Waals surface area contributed by atoms with Crippen LogP contribution in [0.15, 0.2) is 0 Å². The molecule has 0 aromatic carbocycles. The Balaban J connectivity index is 2.52. The first kappa shape index (κ1) is 19.5. The van der Waals surface area contributed by atoms with E-state index < -0.39 is 8.80 Å². The molecule has 1 saturated carbocycles. The van der Waals surface area contributed by atoms with Gasteiger partial charge in [-0.2, -0.15) is 11.8 Å². The van der Waals surface area contributed by atoms with Crippen molar-refractivity contribution in [3.8, 4) is 0 Å². The van der Waals surface area contributed by atoms with Crippen molar-refractivity contribution in [1.82, 2.24) is 0 Å². The number of hydrogen-bond donors (Lipinski definition) is 0. The maximum atomic E-state index is 5.96. The lowest BCUT2D eigenvalue weighted by atomic mass is 9.81. The summed E-state index contributed by atoms with van der Waals surface area (Å²) in [6.07, 6.45) is 7.50. The Morgan fingerprint density at radius 3 is 2.00 bits per heavy atom. The van der Waals surface area contributed by atoms with Crippen molar-refractivity contribution in [3.05, 3.63) is 0 Å². The first-order chi connectivity index (χ1) is 10.1. The summed E-state index contributed by atoms with van der Waals surface area (Å²) >= 11 is 2.04. The number of hydrogen-bond acceptors (Lipinski definition) is 4. The molecule has 126 valence electrons. The van der Waals surface area contributed by atoms with E-state index in [1.807, 2.05) is 32.5 Å². The van der Waals surface area contributed by atoms with Crippen LogP contribution in [-0.2, 0) is 13.3 Å². The second-order valence-electron chi connectivity index (χ2n) is 5.95. The molecular formula is C16H34O3SSi. The van der Waals surface area contributed by atoms with Crippen molar-refractivity contribution in [1.29, 1.82) is 0 Å². The fourth-order valence-corrected chi connectivity index (χ4v) is 7.19. The number of rotatable bonds is 10. The maximum Gasteiger partial charge on any atom is 0.500 e. The molecule has 5 heteroatoms. The molecule has 0 aliphatic heterocycles. The van der Waals surface area contributed by atoms with Crippen molar-refractivity contribution < 1.29 is 13.3 Å². The summed E-state index contributed by atoms with van der Waals surface area (Å²) < 4.78 is 17.9. The lowest BCUT2D eigenvalue weighted by Crippen LogP contribution is -2.46. The van der Waals surface area contributed by atoms with E-state index in [2.05, 4.69) is 13.2 Å². The third-order valence-electron chi connectivity index (χ3n) is 4.45. The highest BCUT2D eigenvalue weighted by molar-refractivity contribution is 7.99. The number of thioether (sulfide) groups is 1. The summed E-state index contributed by atoms with van der Waals surface area (Å²) in [5.74, 6) is 1.65. The molecule has 1 rings (SSSR count). The zero-order valence-corrected chi connectivity index (χ0v) is 16.3. The van der Waals surface area contributed by atoms with Crippen LogP contribution in [0.2, 0.25) is 6.04 Å². The molecule has 0 amide bonds. The Morgan fingerprint density at radius 2 is 1.57 bits per heavy atom. The minimum atomic E-state index is -2.43. The van der Waals surface area contributed by atoms with Gasteiger partial charge in [0.25, 0.3) is 0 Å². The van der Waals surface area contributed by atoms with Gasteiger partial charge in [0, 0.05) is 31.1 Å². The highest BCUT2D eigenvalue weighted by Crippen LogP contribution is 2.38. The second-order valence-corrected chi connectivity index (χ2v) is 9.76. The molecule has 0 bridgehead atoms. The van der Waals surface area contributed by atoms with Crippen molar-refractivity contribution in [2.45, 2.75) is 64.7 Å². The lowest BCUT2D eigenvalue weighted by molar-refractivity contribution is 0.0686. The summed E-state index contributed by atoms with van der Waals surface area (Å²) in [5.41, 5.74) is 0.